The summed E-state index contributed by atoms with van der Waals surface area (Å²) in [5.41, 5.74) is 2.38. The van der Waals surface area contributed by atoms with Crippen LogP contribution in [0, 0.1) is 19.8 Å². The van der Waals surface area contributed by atoms with Crippen LogP contribution in [0.15, 0.2) is 12.1 Å². The molecule has 1 aromatic rings. The fraction of sp³-hybridized carbons (Fsp3) is 0.588. The Hall–Kier alpha value is -1.51. The first-order chi connectivity index (χ1) is 9.53. The fourth-order valence-corrected chi connectivity index (χ4v) is 3.09. The molecule has 2 aliphatic rings. The molecule has 1 aromatic carbocycles. The van der Waals surface area contributed by atoms with E-state index in [0.717, 1.165) is 41.9 Å². The molecule has 0 aromatic heterocycles. The highest BCUT2D eigenvalue weighted by atomic mass is 16.5. The summed E-state index contributed by atoms with van der Waals surface area (Å²) in [6.07, 6.45) is 5.23. The van der Waals surface area contributed by atoms with Crippen LogP contribution in [0.5, 0.6) is 5.75 Å². The van der Waals surface area contributed by atoms with Crippen LogP contribution in [-0.4, -0.2) is 17.7 Å². The fourth-order valence-electron chi connectivity index (χ4n) is 3.09. The van der Waals surface area contributed by atoms with Crippen molar-refractivity contribution in [2.75, 3.05) is 6.61 Å². The van der Waals surface area contributed by atoms with Gasteiger partial charge in [0.2, 0.25) is 0 Å². The summed E-state index contributed by atoms with van der Waals surface area (Å²) in [5, 5.41) is 9.54. The maximum absolute atomic E-state index is 11.6. The normalized spacial score (nSPS) is 20.3. The smallest absolute Gasteiger partial charge is 0.314 e. The minimum absolute atomic E-state index is 0.656. The molecule has 0 heterocycles. The molecular formula is C17H22O3. The number of benzene rings is 1. The number of aliphatic carboxylic acids is 1. The number of carboxylic acid groups (broad SMARTS) is 1. The third-order valence-electron chi connectivity index (χ3n) is 4.78. The molecule has 20 heavy (non-hydrogen) atoms. The van der Waals surface area contributed by atoms with E-state index in [4.69, 9.17) is 4.74 Å². The van der Waals surface area contributed by atoms with E-state index in [1.165, 1.54) is 19.3 Å². The minimum atomic E-state index is -0.712. The summed E-state index contributed by atoms with van der Waals surface area (Å²) in [6.45, 7) is 4.77. The van der Waals surface area contributed by atoms with Crippen molar-refractivity contribution in [1.82, 2.24) is 0 Å². The van der Waals surface area contributed by atoms with E-state index in [1.807, 2.05) is 19.9 Å². The van der Waals surface area contributed by atoms with Crippen molar-refractivity contribution in [2.45, 2.75) is 51.4 Å². The van der Waals surface area contributed by atoms with Crippen LogP contribution < -0.4 is 4.74 Å². The van der Waals surface area contributed by atoms with Crippen LogP contribution in [0.2, 0.25) is 0 Å². The summed E-state index contributed by atoms with van der Waals surface area (Å²) in [4.78, 5) is 11.6. The number of hydrogen-bond donors (Lipinski definition) is 1. The van der Waals surface area contributed by atoms with Gasteiger partial charge in [0.15, 0.2) is 0 Å². The second kappa shape index (κ2) is 4.80. The number of aryl methyl sites for hydroxylation is 2. The van der Waals surface area contributed by atoms with Gasteiger partial charge in [0, 0.05) is 5.56 Å². The van der Waals surface area contributed by atoms with E-state index < -0.39 is 11.4 Å². The highest BCUT2D eigenvalue weighted by molar-refractivity contribution is 5.86. The summed E-state index contributed by atoms with van der Waals surface area (Å²) in [6, 6.07) is 4.09. The highest BCUT2D eigenvalue weighted by Crippen LogP contribution is 2.52. The molecule has 2 aliphatic carbocycles. The number of rotatable bonds is 5. The van der Waals surface area contributed by atoms with Crippen molar-refractivity contribution in [2.24, 2.45) is 5.92 Å². The zero-order chi connectivity index (χ0) is 14.3. The maximum Gasteiger partial charge on any atom is 0.314 e. The van der Waals surface area contributed by atoms with E-state index in [1.54, 1.807) is 0 Å². The molecule has 0 atom stereocenters. The van der Waals surface area contributed by atoms with Gasteiger partial charge in [0.25, 0.3) is 0 Å². The molecule has 0 saturated heterocycles. The number of ether oxygens (including phenoxy) is 1. The van der Waals surface area contributed by atoms with Crippen LogP contribution >= 0.6 is 0 Å². The second-order valence-electron chi connectivity index (χ2n) is 6.45. The predicted octanol–water partition coefficient (Wildman–Crippen LogP) is 3.60. The molecule has 0 unspecified atom stereocenters. The molecule has 0 spiro atoms. The van der Waals surface area contributed by atoms with Crippen LogP contribution in [0.4, 0.5) is 0 Å². The molecule has 2 saturated carbocycles. The zero-order valence-corrected chi connectivity index (χ0v) is 12.2. The van der Waals surface area contributed by atoms with Gasteiger partial charge in [-0.2, -0.15) is 0 Å². The van der Waals surface area contributed by atoms with Crippen molar-refractivity contribution in [3.63, 3.8) is 0 Å². The first-order valence-electron chi connectivity index (χ1n) is 7.51. The van der Waals surface area contributed by atoms with Gasteiger partial charge in [-0.1, -0.05) is 24.1 Å². The van der Waals surface area contributed by atoms with Gasteiger partial charge >= 0.3 is 5.97 Å². The highest BCUT2D eigenvalue weighted by Gasteiger charge is 2.53. The monoisotopic (exact) mass is 274 g/mol. The lowest BCUT2D eigenvalue weighted by atomic mass is 9.86. The average Bonchev–Trinajstić information content (AvgIpc) is 3.10. The number of hydrogen-bond acceptors (Lipinski definition) is 2. The minimum Gasteiger partial charge on any atom is -0.493 e. The Labute approximate surface area is 120 Å². The van der Waals surface area contributed by atoms with Crippen molar-refractivity contribution in [3.05, 3.63) is 28.8 Å². The SMILES string of the molecule is Cc1cc(C)c(OCC2CCC2)c(C2(C(=O)O)CC2)c1. The van der Waals surface area contributed by atoms with Gasteiger partial charge in [-0.3, -0.25) is 4.79 Å². The Morgan fingerprint density at radius 3 is 2.55 bits per heavy atom. The zero-order valence-electron chi connectivity index (χ0n) is 12.2. The summed E-state index contributed by atoms with van der Waals surface area (Å²) < 4.78 is 6.04. The van der Waals surface area contributed by atoms with Gasteiger partial charge in [-0.15, -0.1) is 0 Å². The van der Waals surface area contributed by atoms with Gasteiger partial charge in [-0.05, 0) is 51.0 Å². The topological polar surface area (TPSA) is 46.5 Å². The largest absolute Gasteiger partial charge is 0.493 e. The molecule has 0 amide bonds. The molecule has 0 bridgehead atoms. The maximum atomic E-state index is 11.6. The van der Waals surface area contributed by atoms with Crippen molar-refractivity contribution in [1.29, 1.82) is 0 Å². The summed E-state index contributed by atoms with van der Waals surface area (Å²) in [7, 11) is 0. The Morgan fingerprint density at radius 1 is 1.35 bits per heavy atom. The molecule has 3 heteroatoms. The quantitative estimate of drug-likeness (QED) is 0.892. The molecule has 108 valence electrons. The first kappa shape index (κ1) is 13.5. The van der Waals surface area contributed by atoms with E-state index in [0.29, 0.717) is 5.92 Å². The van der Waals surface area contributed by atoms with Crippen LogP contribution in [0.1, 0.15) is 48.8 Å². The van der Waals surface area contributed by atoms with E-state index in [2.05, 4.69) is 6.07 Å². The number of carboxylic acids is 1. The van der Waals surface area contributed by atoms with Crippen LogP contribution in [0.3, 0.4) is 0 Å². The van der Waals surface area contributed by atoms with Crippen LogP contribution in [0.25, 0.3) is 0 Å². The Kier molecular flexibility index (Phi) is 3.23. The molecule has 1 N–H and O–H groups in total. The summed E-state index contributed by atoms with van der Waals surface area (Å²) in [5.74, 6) is 0.766. The van der Waals surface area contributed by atoms with Gasteiger partial charge < -0.3 is 9.84 Å². The van der Waals surface area contributed by atoms with Crippen LogP contribution in [-0.2, 0) is 10.2 Å². The van der Waals surface area contributed by atoms with Crippen molar-refractivity contribution in [3.8, 4) is 5.75 Å². The molecule has 0 aliphatic heterocycles. The lowest BCUT2D eigenvalue weighted by molar-refractivity contribution is -0.140. The van der Waals surface area contributed by atoms with E-state index in [9.17, 15) is 9.90 Å². The van der Waals surface area contributed by atoms with Crippen molar-refractivity contribution >= 4 is 5.97 Å². The van der Waals surface area contributed by atoms with Gasteiger partial charge in [-0.25, -0.2) is 0 Å². The third kappa shape index (κ3) is 2.19. The average molecular weight is 274 g/mol. The Bertz CT molecular complexity index is 539. The molecule has 2 fully saturated rings. The lowest BCUT2D eigenvalue weighted by Crippen LogP contribution is -2.24. The lowest BCUT2D eigenvalue weighted by Gasteiger charge is -2.27. The molecule has 3 rings (SSSR count). The summed E-state index contributed by atoms with van der Waals surface area (Å²) >= 11 is 0. The standard InChI is InChI=1S/C17H22O3/c1-11-8-12(2)15(20-10-13-4-3-5-13)14(9-11)17(6-7-17)16(18)19/h8-9,13H,3-7,10H2,1-2H3,(H,18,19). The molecule has 3 nitrogen and oxygen atoms in total. The first-order valence-corrected chi connectivity index (χ1v) is 7.51. The van der Waals surface area contributed by atoms with E-state index in [-0.39, 0.29) is 0 Å². The van der Waals surface area contributed by atoms with Gasteiger partial charge in [0.1, 0.15) is 5.75 Å². The van der Waals surface area contributed by atoms with E-state index >= 15 is 0 Å². The molecular weight excluding hydrogens is 252 g/mol. The third-order valence-corrected chi connectivity index (χ3v) is 4.78. The second-order valence-corrected chi connectivity index (χ2v) is 6.45. The predicted molar refractivity (Wildman–Crippen MR) is 77.3 cm³/mol. The molecule has 0 radical (unpaired) electrons. The van der Waals surface area contributed by atoms with Crippen molar-refractivity contribution < 1.29 is 14.6 Å². The Morgan fingerprint density at radius 2 is 2.05 bits per heavy atom. The van der Waals surface area contributed by atoms with Gasteiger partial charge in [0.05, 0.1) is 12.0 Å². The Balaban J connectivity index is 1.92. The number of carbonyl (C=O) groups is 1.